The molecule has 1 rings (SSSR count). The predicted molar refractivity (Wildman–Crippen MR) is 41.5 cm³/mol. The summed E-state index contributed by atoms with van der Waals surface area (Å²) >= 11 is 2.32. The maximum atomic E-state index is 2.32. The average Bonchev–Trinajstić information content (AvgIpc) is 2.15. The van der Waals surface area contributed by atoms with Gasteiger partial charge in [0.2, 0.25) is 0 Å². The Bertz CT molecular complexity index is 133. The Morgan fingerprint density at radius 1 is 1.40 bits per heavy atom. The van der Waals surface area contributed by atoms with Crippen molar-refractivity contribution in [1.82, 2.24) is 4.90 Å². The van der Waals surface area contributed by atoms with Gasteiger partial charge in [0.25, 0.3) is 0 Å². The third kappa shape index (κ3) is 8.13. The first-order valence-electron chi connectivity index (χ1n) is 3.22. The Balaban J connectivity index is 0.000000180. The first kappa shape index (κ1) is 10.1. The van der Waals surface area contributed by atoms with Crippen LogP contribution < -0.4 is 0 Å². The molecule has 0 aromatic carbocycles. The maximum absolute atomic E-state index is 2.32. The fourth-order valence-corrected chi connectivity index (χ4v) is 0.894. The third-order valence-electron chi connectivity index (χ3n) is 0.703. The first-order valence-corrected chi connectivity index (χ1v) is 4.35. The molecule has 1 aliphatic rings. The third-order valence-corrected chi connectivity index (χ3v) is 1.55. The molecule has 0 aromatic heterocycles. The van der Waals surface area contributed by atoms with Crippen molar-refractivity contribution in [2.75, 3.05) is 21.1 Å². The van der Waals surface area contributed by atoms with Crippen molar-refractivity contribution in [2.45, 2.75) is 6.42 Å². The molecule has 0 heterocycles. The van der Waals surface area contributed by atoms with Crippen molar-refractivity contribution in [2.24, 2.45) is 0 Å². The van der Waals surface area contributed by atoms with E-state index in [1.807, 2.05) is 26.0 Å². The van der Waals surface area contributed by atoms with Gasteiger partial charge in [-0.05, 0) is 21.1 Å². The molecule has 2 heteroatoms. The van der Waals surface area contributed by atoms with Crippen molar-refractivity contribution in [1.29, 1.82) is 0 Å². The molecule has 0 unspecified atom stereocenters. The van der Waals surface area contributed by atoms with Crippen molar-refractivity contribution in [3.8, 4) is 0 Å². The molecule has 0 N–H and O–H groups in total. The molecule has 0 aromatic rings. The second-order valence-corrected chi connectivity index (χ2v) is 4.01. The fourth-order valence-electron chi connectivity index (χ4n) is 0.408. The SMILES string of the molecule is CN(C)C.[Pt][C]1=CC=CC1. The summed E-state index contributed by atoms with van der Waals surface area (Å²) in [7, 11) is 6.00. The molecule has 61 valence electrons. The second-order valence-electron chi connectivity index (χ2n) is 2.55. The van der Waals surface area contributed by atoms with Crippen LogP contribution in [0, 0.1) is 0 Å². The van der Waals surface area contributed by atoms with Gasteiger partial charge in [-0.2, -0.15) is 0 Å². The van der Waals surface area contributed by atoms with Gasteiger partial charge in [0.05, 0.1) is 0 Å². The van der Waals surface area contributed by atoms with E-state index in [9.17, 15) is 0 Å². The molecule has 0 saturated heterocycles. The van der Waals surface area contributed by atoms with Gasteiger partial charge in [-0.15, -0.1) is 0 Å². The average molecular weight is 319 g/mol. The summed E-state index contributed by atoms with van der Waals surface area (Å²) in [5, 5.41) is 0. The van der Waals surface area contributed by atoms with E-state index < -0.39 is 0 Å². The Morgan fingerprint density at radius 2 is 1.90 bits per heavy atom. The number of hydrogen-bond donors (Lipinski definition) is 0. The minimum absolute atomic E-state index is 1.15. The van der Waals surface area contributed by atoms with Gasteiger partial charge >= 0.3 is 48.4 Å². The summed E-state index contributed by atoms with van der Waals surface area (Å²) in [5.41, 5.74) is 0. The van der Waals surface area contributed by atoms with E-state index in [1.165, 1.54) is 3.96 Å². The van der Waals surface area contributed by atoms with Crippen LogP contribution in [0.4, 0.5) is 0 Å². The molecule has 0 fully saturated rings. The van der Waals surface area contributed by atoms with E-state index in [1.54, 1.807) is 0 Å². The van der Waals surface area contributed by atoms with Gasteiger partial charge in [-0.3, -0.25) is 0 Å². The Labute approximate surface area is 74.7 Å². The Morgan fingerprint density at radius 3 is 2.00 bits per heavy atom. The van der Waals surface area contributed by atoms with Crippen LogP contribution in [0.2, 0.25) is 0 Å². The zero-order chi connectivity index (χ0) is 7.98. The van der Waals surface area contributed by atoms with Crippen LogP contribution in [0.25, 0.3) is 0 Å². The standard InChI is InChI=1S/C5H5.C3H9N.Pt/c1-2-4-5-3-1;1-4(2)3;/h1-3H,4H2;1-3H3;. The van der Waals surface area contributed by atoms with Crippen molar-refractivity contribution in [3.63, 3.8) is 0 Å². The summed E-state index contributed by atoms with van der Waals surface area (Å²) < 4.78 is 1.44. The molecular weight excluding hydrogens is 305 g/mol. The van der Waals surface area contributed by atoms with E-state index >= 15 is 0 Å². The normalized spacial score (nSPS) is 14.8. The van der Waals surface area contributed by atoms with Gasteiger partial charge in [-0.1, -0.05) is 0 Å². The minimum atomic E-state index is 1.15. The molecule has 0 spiro atoms. The summed E-state index contributed by atoms with van der Waals surface area (Å²) in [5.74, 6) is 0. The van der Waals surface area contributed by atoms with Crippen LogP contribution in [0.1, 0.15) is 6.42 Å². The van der Waals surface area contributed by atoms with Crippen molar-refractivity contribution >= 4 is 0 Å². The Kier molecular flexibility index (Phi) is 5.95. The van der Waals surface area contributed by atoms with Crippen LogP contribution >= 0.6 is 0 Å². The summed E-state index contributed by atoms with van der Waals surface area (Å²) in [6, 6.07) is 0. The fraction of sp³-hybridized carbons (Fsp3) is 0.500. The molecular formula is C8H14NPt. The molecule has 0 saturated carbocycles. The van der Waals surface area contributed by atoms with E-state index in [2.05, 4.69) is 38.0 Å². The Hall–Kier alpha value is 0.128. The molecule has 1 aliphatic carbocycles. The van der Waals surface area contributed by atoms with Crippen molar-refractivity contribution in [3.05, 3.63) is 22.2 Å². The molecule has 0 aliphatic heterocycles. The topological polar surface area (TPSA) is 3.24 Å². The predicted octanol–water partition coefficient (Wildman–Crippen LogP) is 1.55. The van der Waals surface area contributed by atoms with E-state index in [0.717, 1.165) is 6.42 Å². The van der Waals surface area contributed by atoms with Crippen LogP contribution in [0.3, 0.4) is 0 Å². The molecule has 0 atom stereocenters. The molecule has 0 amide bonds. The van der Waals surface area contributed by atoms with Crippen LogP contribution in [-0.4, -0.2) is 26.0 Å². The van der Waals surface area contributed by atoms with Crippen molar-refractivity contribution < 1.29 is 19.8 Å². The zero-order valence-corrected chi connectivity index (χ0v) is 8.97. The van der Waals surface area contributed by atoms with E-state index in [4.69, 9.17) is 0 Å². The molecule has 1 nitrogen and oxygen atoms in total. The van der Waals surface area contributed by atoms with Crippen LogP contribution in [0.15, 0.2) is 22.2 Å². The number of nitrogens with zero attached hydrogens (tertiary/aromatic N) is 1. The first-order chi connectivity index (χ1) is 4.63. The number of hydrogen-bond acceptors (Lipinski definition) is 1. The quantitative estimate of drug-likeness (QED) is 0.655. The zero-order valence-electron chi connectivity index (χ0n) is 6.70. The van der Waals surface area contributed by atoms with Crippen LogP contribution in [-0.2, 0) is 19.8 Å². The molecule has 0 bridgehead atoms. The van der Waals surface area contributed by atoms with Crippen LogP contribution in [0.5, 0.6) is 0 Å². The second kappa shape index (κ2) is 5.88. The van der Waals surface area contributed by atoms with Gasteiger partial charge in [0, 0.05) is 0 Å². The monoisotopic (exact) mass is 319 g/mol. The molecule has 10 heavy (non-hydrogen) atoms. The van der Waals surface area contributed by atoms with Gasteiger partial charge in [-0.25, -0.2) is 0 Å². The summed E-state index contributed by atoms with van der Waals surface area (Å²) in [4.78, 5) is 2.00. The molecule has 0 radical (unpaired) electrons. The van der Waals surface area contributed by atoms with Gasteiger partial charge in [0.15, 0.2) is 0 Å². The van der Waals surface area contributed by atoms with E-state index in [0.29, 0.717) is 0 Å². The van der Waals surface area contributed by atoms with Gasteiger partial charge in [0.1, 0.15) is 0 Å². The van der Waals surface area contributed by atoms with Gasteiger partial charge < -0.3 is 4.90 Å². The summed E-state index contributed by atoms with van der Waals surface area (Å²) in [6.07, 6.45) is 7.52. The number of allylic oxidation sites excluding steroid dienone is 4. The number of rotatable bonds is 0. The van der Waals surface area contributed by atoms with E-state index in [-0.39, 0.29) is 0 Å². The summed E-state index contributed by atoms with van der Waals surface area (Å²) in [6.45, 7) is 0.